The maximum absolute atomic E-state index is 10.2. The van der Waals surface area contributed by atoms with E-state index in [1.165, 1.54) is 6.92 Å². The van der Waals surface area contributed by atoms with Gasteiger partial charge in [0.2, 0.25) is 0 Å². The SMILES string of the molecule is CCCOCOC(C)[O]. The Kier molecular flexibility index (Phi) is 5.93. The van der Waals surface area contributed by atoms with Gasteiger partial charge in [-0.25, -0.2) is 5.11 Å². The van der Waals surface area contributed by atoms with Gasteiger partial charge in [-0.3, -0.25) is 0 Å². The highest BCUT2D eigenvalue weighted by molar-refractivity contribution is 4.21. The molecule has 0 heterocycles. The average molecular weight is 133 g/mol. The topological polar surface area (TPSA) is 38.4 Å². The molecule has 0 aliphatic rings. The molecule has 0 aromatic rings. The predicted molar refractivity (Wildman–Crippen MR) is 32.3 cm³/mol. The number of rotatable bonds is 5. The fraction of sp³-hybridized carbons (Fsp3) is 1.00. The fourth-order valence-corrected chi connectivity index (χ4v) is 0.347. The van der Waals surface area contributed by atoms with Gasteiger partial charge in [0.15, 0.2) is 6.29 Å². The van der Waals surface area contributed by atoms with Crippen LogP contribution in [-0.2, 0) is 14.6 Å². The maximum Gasteiger partial charge on any atom is 0.191 e. The van der Waals surface area contributed by atoms with Gasteiger partial charge in [-0.15, -0.1) is 0 Å². The highest BCUT2D eigenvalue weighted by Crippen LogP contribution is 1.86. The molecular formula is C6H13O3. The van der Waals surface area contributed by atoms with E-state index in [4.69, 9.17) is 4.74 Å². The predicted octanol–water partition coefficient (Wildman–Crippen LogP) is 1.16. The molecule has 0 spiro atoms. The Bertz CT molecular complexity index is 54.3. The van der Waals surface area contributed by atoms with Crippen LogP contribution in [0, 0.1) is 0 Å². The molecular weight excluding hydrogens is 120 g/mol. The second-order valence-electron chi connectivity index (χ2n) is 1.76. The highest BCUT2D eigenvalue weighted by atomic mass is 16.7. The minimum Gasteiger partial charge on any atom is -0.355 e. The van der Waals surface area contributed by atoms with Crippen molar-refractivity contribution in [1.29, 1.82) is 0 Å². The minimum atomic E-state index is -0.971. The van der Waals surface area contributed by atoms with Gasteiger partial charge < -0.3 is 9.47 Å². The summed E-state index contributed by atoms with van der Waals surface area (Å²) in [4.78, 5) is 0. The second-order valence-corrected chi connectivity index (χ2v) is 1.76. The first kappa shape index (κ1) is 8.88. The molecule has 0 aliphatic carbocycles. The van der Waals surface area contributed by atoms with E-state index < -0.39 is 6.29 Å². The lowest BCUT2D eigenvalue weighted by Crippen LogP contribution is -2.08. The van der Waals surface area contributed by atoms with Gasteiger partial charge in [-0.05, 0) is 13.3 Å². The third-order valence-electron chi connectivity index (χ3n) is 0.735. The molecule has 0 saturated carbocycles. The van der Waals surface area contributed by atoms with E-state index in [0.29, 0.717) is 6.61 Å². The Hall–Kier alpha value is -0.120. The van der Waals surface area contributed by atoms with Crippen LogP contribution in [0.3, 0.4) is 0 Å². The van der Waals surface area contributed by atoms with Crippen LogP contribution in [0.1, 0.15) is 20.3 Å². The van der Waals surface area contributed by atoms with Gasteiger partial charge in [-0.2, -0.15) is 0 Å². The Labute approximate surface area is 55.6 Å². The van der Waals surface area contributed by atoms with Gasteiger partial charge in [-0.1, -0.05) is 6.92 Å². The first-order valence-electron chi connectivity index (χ1n) is 3.12. The van der Waals surface area contributed by atoms with E-state index >= 15 is 0 Å². The van der Waals surface area contributed by atoms with Gasteiger partial charge in [0.1, 0.15) is 6.79 Å². The van der Waals surface area contributed by atoms with Crippen molar-refractivity contribution in [2.45, 2.75) is 26.6 Å². The van der Waals surface area contributed by atoms with Crippen LogP contribution in [-0.4, -0.2) is 19.7 Å². The molecule has 1 atom stereocenters. The highest BCUT2D eigenvalue weighted by Gasteiger charge is 1.93. The summed E-state index contributed by atoms with van der Waals surface area (Å²) in [7, 11) is 0. The molecule has 3 nitrogen and oxygen atoms in total. The van der Waals surface area contributed by atoms with E-state index in [-0.39, 0.29) is 6.79 Å². The van der Waals surface area contributed by atoms with Gasteiger partial charge >= 0.3 is 0 Å². The normalized spacial score (nSPS) is 13.7. The van der Waals surface area contributed by atoms with E-state index in [9.17, 15) is 5.11 Å². The van der Waals surface area contributed by atoms with Crippen molar-refractivity contribution in [3.8, 4) is 0 Å². The molecule has 0 N–H and O–H groups in total. The van der Waals surface area contributed by atoms with Crippen molar-refractivity contribution >= 4 is 0 Å². The van der Waals surface area contributed by atoms with Crippen molar-refractivity contribution in [3.63, 3.8) is 0 Å². The summed E-state index contributed by atoms with van der Waals surface area (Å²) in [6.07, 6.45) is -0.0155. The minimum absolute atomic E-state index is 0.124. The van der Waals surface area contributed by atoms with Crippen molar-refractivity contribution in [2.24, 2.45) is 0 Å². The molecule has 1 unspecified atom stereocenters. The molecule has 0 fully saturated rings. The largest absolute Gasteiger partial charge is 0.355 e. The Morgan fingerprint density at radius 3 is 2.67 bits per heavy atom. The molecule has 1 radical (unpaired) electrons. The zero-order chi connectivity index (χ0) is 7.11. The van der Waals surface area contributed by atoms with Crippen molar-refractivity contribution in [3.05, 3.63) is 0 Å². The van der Waals surface area contributed by atoms with Gasteiger partial charge in [0.05, 0.1) is 0 Å². The first-order valence-corrected chi connectivity index (χ1v) is 3.12. The van der Waals surface area contributed by atoms with Crippen molar-refractivity contribution in [1.82, 2.24) is 0 Å². The molecule has 0 saturated heterocycles. The smallest absolute Gasteiger partial charge is 0.191 e. The molecule has 55 valence electrons. The zero-order valence-corrected chi connectivity index (χ0v) is 5.92. The van der Waals surface area contributed by atoms with Crippen LogP contribution in [0.2, 0.25) is 0 Å². The summed E-state index contributed by atoms with van der Waals surface area (Å²) in [5.41, 5.74) is 0. The molecule has 3 heteroatoms. The third kappa shape index (κ3) is 7.88. The molecule has 0 rings (SSSR count). The van der Waals surface area contributed by atoms with E-state index in [1.807, 2.05) is 6.92 Å². The molecule has 0 aliphatic heterocycles. The van der Waals surface area contributed by atoms with Crippen molar-refractivity contribution < 1.29 is 14.6 Å². The van der Waals surface area contributed by atoms with E-state index in [0.717, 1.165) is 6.42 Å². The van der Waals surface area contributed by atoms with Crippen LogP contribution >= 0.6 is 0 Å². The van der Waals surface area contributed by atoms with Gasteiger partial charge in [0.25, 0.3) is 0 Å². The summed E-state index contributed by atoms with van der Waals surface area (Å²) in [6, 6.07) is 0. The first-order chi connectivity index (χ1) is 4.27. The number of hydrogen-bond acceptors (Lipinski definition) is 2. The second kappa shape index (κ2) is 6.01. The van der Waals surface area contributed by atoms with Crippen LogP contribution in [0.4, 0.5) is 0 Å². The molecule has 0 amide bonds. The van der Waals surface area contributed by atoms with Crippen LogP contribution in [0.25, 0.3) is 0 Å². The Morgan fingerprint density at radius 1 is 1.56 bits per heavy atom. The van der Waals surface area contributed by atoms with Crippen LogP contribution in [0.15, 0.2) is 0 Å². The Morgan fingerprint density at radius 2 is 2.22 bits per heavy atom. The Balaban J connectivity index is 2.75. The molecule has 9 heavy (non-hydrogen) atoms. The summed E-state index contributed by atoms with van der Waals surface area (Å²) in [6.45, 7) is 4.22. The van der Waals surface area contributed by atoms with E-state index in [1.54, 1.807) is 0 Å². The zero-order valence-electron chi connectivity index (χ0n) is 5.92. The lowest BCUT2D eigenvalue weighted by molar-refractivity contribution is -0.185. The van der Waals surface area contributed by atoms with Gasteiger partial charge in [0, 0.05) is 6.61 Å². The molecule has 0 bridgehead atoms. The maximum atomic E-state index is 10.2. The van der Waals surface area contributed by atoms with E-state index in [2.05, 4.69) is 4.74 Å². The van der Waals surface area contributed by atoms with Crippen LogP contribution in [0.5, 0.6) is 0 Å². The summed E-state index contributed by atoms with van der Waals surface area (Å²) in [5, 5.41) is 10.2. The summed E-state index contributed by atoms with van der Waals surface area (Å²) >= 11 is 0. The van der Waals surface area contributed by atoms with Crippen LogP contribution < -0.4 is 0 Å². The molecule has 0 aromatic carbocycles. The average Bonchev–Trinajstić information content (AvgIpc) is 1.80. The standard InChI is InChI=1S/C6H13O3/c1-3-4-8-5-9-6(2)7/h6H,3-5H2,1-2H3. The lowest BCUT2D eigenvalue weighted by Gasteiger charge is -2.03. The third-order valence-corrected chi connectivity index (χ3v) is 0.735. The fourth-order valence-electron chi connectivity index (χ4n) is 0.347. The lowest BCUT2D eigenvalue weighted by atomic mass is 10.5. The quantitative estimate of drug-likeness (QED) is 0.417. The van der Waals surface area contributed by atoms with Crippen molar-refractivity contribution in [2.75, 3.05) is 13.4 Å². The monoisotopic (exact) mass is 133 g/mol. The molecule has 0 aromatic heterocycles. The summed E-state index contributed by atoms with van der Waals surface area (Å²) in [5.74, 6) is 0. The summed E-state index contributed by atoms with van der Waals surface area (Å²) < 4.78 is 9.44. The number of ether oxygens (including phenoxy) is 2. The number of hydrogen-bond donors (Lipinski definition) is 0.